The number of anilines is 1. The number of nitrogens with zero attached hydrogens (tertiary/aromatic N) is 2. The van der Waals surface area contributed by atoms with E-state index in [1.165, 1.54) is 25.7 Å². The van der Waals surface area contributed by atoms with Gasteiger partial charge >= 0.3 is 0 Å². The van der Waals surface area contributed by atoms with E-state index in [0.717, 1.165) is 43.6 Å². The van der Waals surface area contributed by atoms with E-state index in [0.29, 0.717) is 23.4 Å². The Kier molecular flexibility index (Phi) is 4.55. The molecule has 1 fully saturated rings. The minimum Gasteiger partial charge on any atom is -0.326 e. The molecule has 1 aromatic heterocycles. The predicted molar refractivity (Wildman–Crippen MR) is 98.8 cm³/mol. The second kappa shape index (κ2) is 6.98. The molecule has 0 saturated heterocycles. The fraction of sp³-hybridized carbons (Fsp3) is 0.550. The van der Waals surface area contributed by atoms with Gasteiger partial charge in [0.2, 0.25) is 5.91 Å². The Morgan fingerprint density at radius 2 is 2.04 bits per heavy atom. The first-order valence-electron chi connectivity index (χ1n) is 9.54. The number of carbonyl (C=O) groups is 1. The summed E-state index contributed by atoms with van der Waals surface area (Å²) in [7, 11) is 0. The van der Waals surface area contributed by atoms with Gasteiger partial charge < -0.3 is 5.32 Å². The normalized spacial score (nSPS) is 17.6. The Morgan fingerprint density at radius 3 is 2.88 bits per heavy atom. The topological polar surface area (TPSA) is 64.0 Å². The average Bonchev–Trinajstić information content (AvgIpc) is 3.14. The number of fused-ring (bicyclic) bond motifs is 2. The molecule has 1 aliphatic heterocycles. The van der Waals surface area contributed by atoms with Gasteiger partial charge in [-0.25, -0.2) is 4.98 Å². The molecule has 5 heteroatoms. The Hall–Kier alpha value is -2.17. The molecule has 1 aromatic carbocycles. The van der Waals surface area contributed by atoms with Crippen LogP contribution in [-0.4, -0.2) is 15.5 Å². The van der Waals surface area contributed by atoms with Crippen molar-refractivity contribution in [3.8, 4) is 0 Å². The number of aryl methyl sites for hydroxylation is 1. The van der Waals surface area contributed by atoms with E-state index in [1.54, 1.807) is 10.6 Å². The number of hydrogen-bond acceptors (Lipinski definition) is 3. The van der Waals surface area contributed by atoms with Gasteiger partial charge in [0, 0.05) is 25.1 Å². The van der Waals surface area contributed by atoms with Crippen molar-refractivity contribution < 1.29 is 4.79 Å². The molecule has 0 atom stereocenters. The van der Waals surface area contributed by atoms with Crippen LogP contribution in [0.5, 0.6) is 0 Å². The van der Waals surface area contributed by atoms with Gasteiger partial charge in [-0.15, -0.1) is 0 Å². The van der Waals surface area contributed by atoms with E-state index in [2.05, 4.69) is 10.3 Å². The molecule has 0 radical (unpaired) electrons. The second-order valence-corrected chi connectivity index (χ2v) is 7.41. The maximum atomic E-state index is 12.7. The molecule has 132 valence electrons. The zero-order chi connectivity index (χ0) is 17.2. The highest BCUT2D eigenvalue weighted by atomic mass is 16.1. The first-order chi connectivity index (χ1) is 12.2. The second-order valence-electron chi connectivity index (χ2n) is 7.41. The van der Waals surface area contributed by atoms with Crippen LogP contribution in [0.25, 0.3) is 10.9 Å². The summed E-state index contributed by atoms with van der Waals surface area (Å²) in [6, 6.07) is 5.47. The zero-order valence-corrected chi connectivity index (χ0v) is 14.6. The lowest BCUT2D eigenvalue weighted by Crippen LogP contribution is -2.28. The summed E-state index contributed by atoms with van der Waals surface area (Å²) in [4.78, 5) is 29.6. The first-order valence-corrected chi connectivity index (χ1v) is 9.54. The molecule has 1 aliphatic carbocycles. The summed E-state index contributed by atoms with van der Waals surface area (Å²) >= 11 is 0. The smallest absolute Gasteiger partial charge is 0.261 e. The molecule has 25 heavy (non-hydrogen) atoms. The van der Waals surface area contributed by atoms with Crippen LogP contribution in [0.2, 0.25) is 0 Å². The Morgan fingerprint density at radius 1 is 1.20 bits per heavy atom. The minimum atomic E-state index is 0.0155. The molecule has 2 heterocycles. The van der Waals surface area contributed by atoms with Crippen LogP contribution < -0.4 is 10.9 Å². The quantitative estimate of drug-likeness (QED) is 0.925. The number of amides is 1. The van der Waals surface area contributed by atoms with Crippen molar-refractivity contribution in [2.45, 2.75) is 64.3 Å². The van der Waals surface area contributed by atoms with Crippen LogP contribution in [0.3, 0.4) is 0 Å². The van der Waals surface area contributed by atoms with Crippen molar-refractivity contribution in [1.82, 2.24) is 9.55 Å². The molecule has 0 unspecified atom stereocenters. The van der Waals surface area contributed by atoms with Gasteiger partial charge in [-0.05, 0) is 43.4 Å². The van der Waals surface area contributed by atoms with Crippen molar-refractivity contribution in [3.63, 3.8) is 0 Å². The first kappa shape index (κ1) is 16.3. The third-order valence-electron chi connectivity index (χ3n) is 5.60. The third kappa shape index (κ3) is 3.46. The van der Waals surface area contributed by atoms with Crippen molar-refractivity contribution in [1.29, 1.82) is 0 Å². The van der Waals surface area contributed by atoms with Crippen molar-refractivity contribution in [2.24, 2.45) is 5.92 Å². The van der Waals surface area contributed by atoms with Crippen molar-refractivity contribution >= 4 is 22.5 Å². The number of hydrogen-bond donors (Lipinski definition) is 1. The van der Waals surface area contributed by atoms with Gasteiger partial charge in [-0.3, -0.25) is 14.2 Å². The van der Waals surface area contributed by atoms with Gasteiger partial charge in [-0.2, -0.15) is 0 Å². The Labute approximate surface area is 147 Å². The predicted octanol–water partition coefficient (Wildman–Crippen LogP) is 3.64. The molecular formula is C20H25N3O2. The van der Waals surface area contributed by atoms with Gasteiger partial charge in [-0.1, -0.05) is 25.7 Å². The van der Waals surface area contributed by atoms with Crippen LogP contribution in [0.15, 0.2) is 23.0 Å². The van der Waals surface area contributed by atoms with E-state index < -0.39 is 0 Å². The molecule has 0 spiro atoms. The number of benzene rings is 1. The number of aromatic nitrogens is 2. The molecule has 2 aliphatic rings. The zero-order valence-electron chi connectivity index (χ0n) is 14.6. The van der Waals surface area contributed by atoms with Crippen LogP contribution in [0.4, 0.5) is 5.69 Å². The number of rotatable bonds is 4. The van der Waals surface area contributed by atoms with Gasteiger partial charge in [0.15, 0.2) is 0 Å². The van der Waals surface area contributed by atoms with Crippen LogP contribution in [-0.2, 0) is 17.8 Å². The van der Waals surface area contributed by atoms with Gasteiger partial charge in [0.25, 0.3) is 5.56 Å². The molecule has 1 saturated carbocycles. The lowest BCUT2D eigenvalue weighted by molar-refractivity contribution is -0.116. The summed E-state index contributed by atoms with van der Waals surface area (Å²) in [5, 5.41) is 3.55. The molecule has 2 aromatic rings. The van der Waals surface area contributed by atoms with E-state index in [4.69, 9.17) is 0 Å². The minimum absolute atomic E-state index is 0.0155. The highest BCUT2D eigenvalue weighted by molar-refractivity contribution is 5.93. The lowest BCUT2D eigenvalue weighted by atomic mass is 10.0. The molecule has 0 bridgehead atoms. The highest BCUT2D eigenvalue weighted by Gasteiger charge is 2.17. The average molecular weight is 339 g/mol. The SMILES string of the molecule is O=C(CCC1CCCC1)Nc1ccc2nc3n(c(=O)c2c1)CCCC3. The van der Waals surface area contributed by atoms with Crippen LogP contribution in [0, 0.1) is 5.92 Å². The molecule has 1 amide bonds. The fourth-order valence-electron chi connectivity index (χ4n) is 4.18. The summed E-state index contributed by atoms with van der Waals surface area (Å²) in [5.74, 6) is 1.64. The standard InChI is InChI=1S/C20H25N3O2/c24-19(11-8-14-5-1-2-6-14)21-15-9-10-17-16(13-15)20(25)23-12-4-3-7-18(23)22-17/h9-10,13-14H,1-8,11-12H2,(H,21,24). The lowest BCUT2D eigenvalue weighted by Gasteiger charge is -2.18. The van der Waals surface area contributed by atoms with E-state index >= 15 is 0 Å². The molecule has 5 nitrogen and oxygen atoms in total. The number of nitrogens with one attached hydrogen (secondary N) is 1. The molecule has 1 N–H and O–H groups in total. The summed E-state index contributed by atoms with van der Waals surface area (Å²) < 4.78 is 1.79. The highest BCUT2D eigenvalue weighted by Crippen LogP contribution is 2.28. The Balaban J connectivity index is 1.51. The van der Waals surface area contributed by atoms with Crippen LogP contribution >= 0.6 is 0 Å². The van der Waals surface area contributed by atoms with Crippen molar-refractivity contribution in [2.75, 3.05) is 5.32 Å². The van der Waals surface area contributed by atoms with E-state index in [1.807, 2.05) is 12.1 Å². The fourth-order valence-corrected chi connectivity index (χ4v) is 4.18. The maximum Gasteiger partial charge on any atom is 0.261 e. The summed E-state index contributed by atoms with van der Waals surface area (Å²) in [6.07, 6.45) is 9.64. The number of carbonyl (C=O) groups excluding carboxylic acids is 1. The summed E-state index contributed by atoms with van der Waals surface area (Å²) in [6.45, 7) is 0.745. The van der Waals surface area contributed by atoms with Gasteiger partial charge in [0.05, 0.1) is 10.9 Å². The van der Waals surface area contributed by atoms with E-state index in [9.17, 15) is 9.59 Å². The largest absolute Gasteiger partial charge is 0.326 e. The molecule has 4 rings (SSSR count). The van der Waals surface area contributed by atoms with E-state index in [-0.39, 0.29) is 11.5 Å². The summed E-state index contributed by atoms with van der Waals surface area (Å²) in [5.41, 5.74) is 1.43. The van der Waals surface area contributed by atoms with Crippen LogP contribution in [0.1, 0.15) is 57.2 Å². The third-order valence-corrected chi connectivity index (χ3v) is 5.60. The van der Waals surface area contributed by atoms with Crippen molar-refractivity contribution in [3.05, 3.63) is 34.4 Å². The maximum absolute atomic E-state index is 12.7. The Bertz CT molecular complexity index is 850. The molecular weight excluding hydrogens is 314 g/mol. The van der Waals surface area contributed by atoms with Gasteiger partial charge in [0.1, 0.15) is 5.82 Å². The monoisotopic (exact) mass is 339 g/mol.